The molecular weight excluding hydrogens is 578 g/mol. The fraction of sp³-hybridized carbons (Fsp3) is 0.800. The van der Waals surface area contributed by atoms with E-state index in [2.05, 4.69) is 40.2 Å². The Morgan fingerprint density at radius 2 is 1.25 bits per heavy atom. The lowest BCUT2D eigenvalue weighted by Crippen LogP contribution is -2.35. The lowest BCUT2D eigenvalue weighted by molar-refractivity contribution is -0.870. The Morgan fingerprint density at radius 1 is 0.773 bits per heavy atom. The molecule has 0 spiro atoms. The third-order valence-corrected chi connectivity index (χ3v) is 7.18. The highest BCUT2D eigenvalue weighted by atomic mass is 32.2. The number of rotatable bonds is 26. The lowest BCUT2D eigenvalue weighted by Gasteiger charge is -2.23. The van der Waals surface area contributed by atoms with E-state index in [-0.39, 0.29) is 12.1 Å². The number of hydrogen-bond acceptors (Lipinski definition) is 7. The molecule has 0 radical (unpaired) electrons. The molecule has 44 heavy (non-hydrogen) atoms. The zero-order valence-corrected chi connectivity index (χ0v) is 29.8. The van der Waals surface area contributed by atoms with Gasteiger partial charge in [-0.05, 0) is 43.4 Å². The summed E-state index contributed by atoms with van der Waals surface area (Å²) < 4.78 is 45.4. The molecule has 0 bridgehead atoms. The van der Waals surface area contributed by atoms with Crippen LogP contribution in [0.15, 0.2) is 24.3 Å². The first-order valence-electron chi connectivity index (χ1n) is 17.0. The smallest absolute Gasteiger partial charge is 0.303 e. The van der Waals surface area contributed by atoms with Gasteiger partial charge in [0.15, 0.2) is 6.10 Å². The number of benzene rings is 1. The van der Waals surface area contributed by atoms with Crippen LogP contribution in [0.5, 0.6) is 5.75 Å². The van der Waals surface area contributed by atoms with E-state index >= 15 is 0 Å². The molecule has 8 nitrogen and oxygen atoms in total. The van der Waals surface area contributed by atoms with Crippen molar-refractivity contribution in [3.8, 4) is 5.75 Å². The summed E-state index contributed by atoms with van der Waals surface area (Å²) in [5, 5.41) is 0. The molecule has 1 rings (SSSR count). The maximum Gasteiger partial charge on any atom is 0.303 e. The second kappa shape index (κ2) is 26.5. The van der Waals surface area contributed by atoms with Gasteiger partial charge in [0.05, 0.1) is 44.4 Å². The monoisotopic (exact) mass is 643 g/mol. The molecule has 0 aromatic heterocycles. The fourth-order valence-electron chi connectivity index (χ4n) is 4.82. The number of carbonyl (C=O) groups is 1. The predicted octanol–water partition coefficient (Wildman–Crippen LogP) is 7.69. The van der Waals surface area contributed by atoms with Gasteiger partial charge in [0.25, 0.3) is 0 Å². The van der Waals surface area contributed by atoms with Gasteiger partial charge in [-0.25, -0.2) is 8.42 Å². The van der Waals surface area contributed by atoms with Crippen LogP contribution in [0.2, 0.25) is 0 Å². The zero-order chi connectivity index (χ0) is 33.1. The van der Waals surface area contributed by atoms with Crippen molar-refractivity contribution in [1.29, 1.82) is 0 Å². The highest BCUT2D eigenvalue weighted by molar-refractivity contribution is 7.84. The minimum absolute atomic E-state index is 0.298. The topological polar surface area (TPSA) is 102 Å². The van der Waals surface area contributed by atoms with Crippen molar-refractivity contribution < 1.29 is 36.5 Å². The largest absolute Gasteiger partial charge is 0.748 e. The second-order valence-electron chi connectivity index (χ2n) is 13.0. The van der Waals surface area contributed by atoms with Crippen LogP contribution >= 0.6 is 0 Å². The van der Waals surface area contributed by atoms with E-state index in [1.165, 1.54) is 115 Å². The number of quaternary nitrogens is 1. The molecule has 0 saturated heterocycles. The van der Waals surface area contributed by atoms with Crippen LogP contribution in [0.1, 0.15) is 122 Å². The standard InChI is InChI=1S/C34H62NO4.CH4O3S/c1-6-7-8-9-10-11-12-13-14-15-16-17-18-21-28-37-29-34(39-31(2)36)30-38-33-25-23-32(24-26-33)22-19-20-27-35(3,4)5;1-5(2,3)4/h23-26,34H,6-22,27-30H2,1-5H3;1H3,(H,2,3,4)/q+1;/p-1. The zero-order valence-electron chi connectivity index (χ0n) is 28.9. The summed E-state index contributed by atoms with van der Waals surface area (Å²) >= 11 is 0. The van der Waals surface area contributed by atoms with Crippen molar-refractivity contribution in [1.82, 2.24) is 0 Å². The minimum Gasteiger partial charge on any atom is -0.748 e. The minimum atomic E-state index is -3.92. The quantitative estimate of drug-likeness (QED) is 0.0441. The summed E-state index contributed by atoms with van der Waals surface area (Å²) in [4.78, 5) is 11.5. The molecule has 0 heterocycles. The van der Waals surface area contributed by atoms with E-state index in [1.807, 2.05) is 12.1 Å². The van der Waals surface area contributed by atoms with Gasteiger partial charge in [-0.3, -0.25) is 4.79 Å². The Bertz CT molecular complexity index is 906. The maximum atomic E-state index is 11.5. The van der Waals surface area contributed by atoms with Crippen LogP contribution < -0.4 is 4.74 Å². The SMILES string of the molecule is CCCCCCCCCCCCCCCCOCC(COc1ccc(CCCC[N+](C)(C)C)cc1)OC(C)=O.CS(=O)(=O)[O-]. The fourth-order valence-corrected chi connectivity index (χ4v) is 4.82. The highest BCUT2D eigenvalue weighted by Crippen LogP contribution is 2.16. The molecule has 0 aliphatic heterocycles. The van der Waals surface area contributed by atoms with Crippen LogP contribution in [0, 0.1) is 0 Å². The Hall–Kier alpha value is -1.68. The van der Waals surface area contributed by atoms with Crippen LogP contribution in [-0.4, -0.2) is 83.3 Å². The Labute approximate surface area is 270 Å². The number of aryl methyl sites for hydroxylation is 1. The number of carbonyl (C=O) groups excluding carboxylic acids is 1. The van der Waals surface area contributed by atoms with Crippen LogP contribution in [0.25, 0.3) is 0 Å². The van der Waals surface area contributed by atoms with Gasteiger partial charge in [-0.1, -0.05) is 103 Å². The molecule has 1 aromatic rings. The molecule has 1 atom stereocenters. The number of hydrogen-bond donors (Lipinski definition) is 0. The van der Waals surface area contributed by atoms with E-state index in [4.69, 9.17) is 27.2 Å². The van der Waals surface area contributed by atoms with E-state index in [0.717, 1.165) is 23.1 Å². The Kier molecular flexibility index (Phi) is 25.5. The Morgan fingerprint density at radius 3 is 1.70 bits per heavy atom. The number of esters is 1. The van der Waals surface area contributed by atoms with Gasteiger partial charge >= 0.3 is 5.97 Å². The number of unbranched alkanes of at least 4 members (excludes halogenated alkanes) is 14. The first-order valence-corrected chi connectivity index (χ1v) is 18.8. The Balaban J connectivity index is 0.00000340. The van der Waals surface area contributed by atoms with Crippen molar-refractivity contribution in [2.24, 2.45) is 0 Å². The first-order chi connectivity index (χ1) is 20.8. The average molecular weight is 644 g/mol. The molecule has 0 amide bonds. The summed E-state index contributed by atoms with van der Waals surface area (Å²) in [5.41, 5.74) is 1.33. The van der Waals surface area contributed by atoms with E-state index in [1.54, 1.807) is 0 Å². The number of nitrogens with zero attached hydrogens (tertiary/aromatic N) is 1. The molecule has 0 aliphatic rings. The predicted molar refractivity (Wildman–Crippen MR) is 180 cm³/mol. The average Bonchev–Trinajstić information content (AvgIpc) is 2.92. The molecular formula is C35H65NO7S. The molecule has 9 heteroatoms. The first kappa shape index (κ1) is 42.3. The summed E-state index contributed by atoms with van der Waals surface area (Å²) in [6.45, 7) is 6.30. The summed E-state index contributed by atoms with van der Waals surface area (Å²) in [6, 6.07) is 8.29. The maximum absolute atomic E-state index is 11.5. The molecule has 0 aliphatic carbocycles. The van der Waals surface area contributed by atoms with Gasteiger partial charge < -0.3 is 23.2 Å². The van der Waals surface area contributed by atoms with Crippen molar-refractivity contribution in [3.63, 3.8) is 0 Å². The molecule has 0 fully saturated rings. The van der Waals surface area contributed by atoms with Crippen molar-refractivity contribution in [2.45, 2.75) is 129 Å². The van der Waals surface area contributed by atoms with Gasteiger partial charge in [0.1, 0.15) is 12.4 Å². The highest BCUT2D eigenvalue weighted by Gasteiger charge is 2.14. The molecule has 1 unspecified atom stereocenters. The van der Waals surface area contributed by atoms with Gasteiger partial charge in [-0.15, -0.1) is 0 Å². The third kappa shape index (κ3) is 33.2. The van der Waals surface area contributed by atoms with Crippen molar-refractivity contribution in [3.05, 3.63) is 29.8 Å². The number of ether oxygens (including phenoxy) is 3. The van der Waals surface area contributed by atoms with Crippen LogP contribution in [0.4, 0.5) is 0 Å². The van der Waals surface area contributed by atoms with Gasteiger partial charge in [0.2, 0.25) is 0 Å². The summed E-state index contributed by atoms with van der Waals surface area (Å²) in [7, 11) is 2.79. The van der Waals surface area contributed by atoms with Crippen molar-refractivity contribution in [2.75, 3.05) is 53.8 Å². The lowest BCUT2D eigenvalue weighted by atomic mass is 10.0. The summed E-state index contributed by atoms with van der Waals surface area (Å²) in [5.74, 6) is 0.502. The van der Waals surface area contributed by atoms with Crippen LogP contribution in [0.3, 0.4) is 0 Å². The molecule has 1 aromatic carbocycles. The van der Waals surface area contributed by atoms with E-state index in [0.29, 0.717) is 26.1 Å². The van der Waals surface area contributed by atoms with E-state index in [9.17, 15) is 4.79 Å². The third-order valence-electron chi connectivity index (χ3n) is 7.18. The van der Waals surface area contributed by atoms with Gasteiger partial charge in [-0.2, -0.15) is 0 Å². The molecule has 0 saturated carbocycles. The van der Waals surface area contributed by atoms with Crippen molar-refractivity contribution >= 4 is 16.1 Å². The molecule has 258 valence electrons. The molecule has 0 N–H and O–H groups in total. The summed E-state index contributed by atoms with van der Waals surface area (Å²) in [6.07, 6.45) is 22.6. The van der Waals surface area contributed by atoms with E-state index < -0.39 is 10.1 Å². The van der Waals surface area contributed by atoms with Gasteiger partial charge in [0, 0.05) is 19.8 Å². The second-order valence-corrected chi connectivity index (χ2v) is 14.4. The van der Waals surface area contributed by atoms with Crippen LogP contribution in [-0.2, 0) is 30.8 Å². The normalized spacial score (nSPS) is 12.3.